The lowest BCUT2D eigenvalue weighted by atomic mass is 10.1. The zero-order valence-corrected chi connectivity index (χ0v) is 9.26. The van der Waals surface area contributed by atoms with Gasteiger partial charge in [0.25, 0.3) is 0 Å². The van der Waals surface area contributed by atoms with Gasteiger partial charge in [0.15, 0.2) is 6.29 Å². The molecule has 3 N–H and O–H groups in total. The molecule has 0 amide bonds. The molecular formula is C11H18N2O3. The molecule has 1 unspecified atom stereocenters. The minimum Gasteiger partial charge on any atom is -0.400 e. The van der Waals surface area contributed by atoms with E-state index >= 15 is 0 Å². The molecule has 16 heavy (non-hydrogen) atoms. The number of aliphatic hydroxyl groups is 1. The quantitative estimate of drug-likeness (QED) is 0.511. The Morgan fingerprint density at radius 3 is 2.94 bits per heavy atom. The van der Waals surface area contributed by atoms with Crippen molar-refractivity contribution in [2.24, 2.45) is 10.7 Å². The normalized spacial score (nSPS) is 23.2. The van der Waals surface area contributed by atoms with Gasteiger partial charge < -0.3 is 15.6 Å². The van der Waals surface area contributed by atoms with E-state index < -0.39 is 0 Å². The first kappa shape index (κ1) is 12.9. The Kier molecular flexibility index (Phi) is 5.74. The van der Waals surface area contributed by atoms with Gasteiger partial charge in [0.1, 0.15) is 0 Å². The third-order valence-corrected chi connectivity index (χ3v) is 2.39. The Labute approximate surface area is 95.0 Å². The molecule has 0 radical (unpaired) electrons. The molecular weight excluding hydrogens is 208 g/mol. The van der Waals surface area contributed by atoms with Gasteiger partial charge in [-0.2, -0.15) is 0 Å². The molecule has 0 aromatic rings. The lowest BCUT2D eigenvalue weighted by Gasteiger charge is -2.20. The summed E-state index contributed by atoms with van der Waals surface area (Å²) >= 11 is 0. The zero-order valence-electron chi connectivity index (χ0n) is 9.26. The molecule has 1 saturated heterocycles. The third kappa shape index (κ3) is 4.55. The summed E-state index contributed by atoms with van der Waals surface area (Å²) < 4.78 is 5.48. The standard InChI is InChI=1S/C11H18N2O3/c12-9(7-14)5-10(8-15)13-6-11-3-1-2-4-16-11/h5,8,11,14H,1-4,6-7,12H2/b9-5-,13-10?. The van der Waals surface area contributed by atoms with Gasteiger partial charge in [-0.15, -0.1) is 0 Å². The maximum absolute atomic E-state index is 10.7. The molecule has 1 fully saturated rings. The van der Waals surface area contributed by atoms with Crippen LogP contribution in [0, 0.1) is 0 Å². The van der Waals surface area contributed by atoms with Gasteiger partial charge in [-0.05, 0) is 25.3 Å². The highest BCUT2D eigenvalue weighted by atomic mass is 16.5. The Hall–Kier alpha value is -1.20. The maximum atomic E-state index is 10.7. The Morgan fingerprint density at radius 2 is 2.38 bits per heavy atom. The number of nitrogens with two attached hydrogens (primary N) is 1. The van der Waals surface area contributed by atoms with E-state index in [9.17, 15) is 4.79 Å². The van der Waals surface area contributed by atoms with E-state index in [0.717, 1.165) is 25.9 Å². The molecule has 1 heterocycles. The first-order valence-corrected chi connectivity index (χ1v) is 5.44. The van der Waals surface area contributed by atoms with Crippen LogP contribution in [0.4, 0.5) is 0 Å². The summed E-state index contributed by atoms with van der Waals surface area (Å²) in [5, 5.41) is 8.71. The molecule has 0 aromatic carbocycles. The van der Waals surface area contributed by atoms with Crippen molar-refractivity contribution in [1.82, 2.24) is 0 Å². The molecule has 0 saturated carbocycles. The number of hydrogen-bond acceptors (Lipinski definition) is 5. The van der Waals surface area contributed by atoms with E-state index in [1.54, 1.807) is 0 Å². The maximum Gasteiger partial charge on any atom is 0.168 e. The molecule has 0 bridgehead atoms. The number of nitrogens with zero attached hydrogens (tertiary/aromatic N) is 1. The van der Waals surface area contributed by atoms with E-state index in [2.05, 4.69) is 4.99 Å². The van der Waals surface area contributed by atoms with Gasteiger partial charge in [0, 0.05) is 12.3 Å². The fraction of sp³-hybridized carbons (Fsp3) is 0.636. The summed E-state index contributed by atoms with van der Waals surface area (Å²) in [5.41, 5.74) is 5.88. The summed E-state index contributed by atoms with van der Waals surface area (Å²) in [5.74, 6) is 0. The number of ether oxygens (including phenoxy) is 1. The summed E-state index contributed by atoms with van der Waals surface area (Å²) in [6.07, 6.45) is 5.34. The highest BCUT2D eigenvalue weighted by Crippen LogP contribution is 2.12. The van der Waals surface area contributed by atoms with Crippen LogP contribution in [0.1, 0.15) is 19.3 Å². The fourth-order valence-corrected chi connectivity index (χ4v) is 1.51. The minimum absolute atomic E-state index is 0.104. The predicted molar refractivity (Wildman–Crippen MR) is 61.3 cm³/mol. The van der Waals surface area contributed by atoms with Crippen molar-refractivity contribution in [2.45, 2.75) is 25.4 Å². The van der Waals surface area contributed by atoms with Gasteiger partial charge in [0.05, 0.1) is 25.0 Å². The number of aliphatic imine (C=N–C) groups is 1. The second-order valence-corrected chi connectivity index (χ2v) is 3.75. The zero-order chi connectivity index (χ0) is 11.8. The molecule has 90 valence electrons. The number of allylic oxidation sites excluding steroid dienone is 1. The van der Waals surface area contributed by atoms with Crippen LogP contribution in [0.15, 0.2) is 16.8 Å². The summed E-state index contributed by atoms with van der Waals surface area (Å²) in [6, 6.07) is 0. The Bertz CT molecular complexity index is 281. The Morgan fingerprint density at radius 1 is 1.56 bits per heavy atom. The fourth-order valence-electron chi connectivity index (χ4n) is 1.51. The average Bonchev–Trinajstić information content (AvgIpc) is 2.35. The second kappa shape index (κ2) is 7.14. The molecule has 1 rings (SSSR count). The number of aldehydes is 1. The van der Waals surface area contributed by atoms with Crippen molar-refractivity contribution >= 4 is 12.0 Å². The summed E-state index contributed by atoms with van der Waals surface area (Å²) in [6.45, 7) is 0.974. The molecule has 1 aliphatic heterocycles. The lowest BCUT2D eigenvalue weighted by Crippen LogP contribution is -2.22. The molecule has 0 spiro atoms. The van der Waals surface area contributed by atoms with Crippen LogP contribution in [0.2, 0.25) is 0 Å². The van der Waals surface area contributed by atoms with Crippen LogP contribution >= 0.6 is 0 Å². The summed E-state index contributed by atoms with van der Waals surface area (Å²) in [7, 11) is 0. The number of carbonyl (C=O) groups is 1. The minimum atomic E-state index is -0.271. The van der Waals surface area contributed by atoms with Crippen molar-refractivity contribution in [3.63, 3.8) is 0 Å². The monoisotopic (exact) mass is 226 g/mol. The molecule has 0 aromatic heterocycles. The van der Waals surface area contributed by atoms with E-state index in [1.165, 1.54) is 6.08 Å². The predicted octanol–water partition coefficient (Wildman–Crippen LogP) is 0.0303. The van der Waals surface area contributed by atoms with Crippen LogP contribution in [0.3, 0.4) is 0 Å². The van der Waals surface area contributed by atoms with Crippen molar-refractivity contribution in [2.75, 3.05) is 19.8 Å². The van der Waals surface area contributed by atoms with E-state index in [-0.39, 0.29) is 24.1 Å². The SMILES string of the molecule is N/C(=C\C(C=O)=NCC1CCCCO1)CO. The third-order valence-electron chi connectivity index (χ3n) is 2.39. The molecule has 5 nitrogen and oxygen atoms in total. The molecule has 0 aliphatic carbocycles. The van der Waals surface area contributed by atoms with Crippen LogP contribution in [-0.4, -0.2) is 43.0 Å². The molecule has 1 aliphatic rings. The highest BCUT2D eigenvalue weighted by molar-refractivity contribution is 6.33. The topological polar surface area (TPSA) is 84.9 Å². The average molecular weight is 226 g/mol. The molecule has 5 heteroatoms. The van der Waals surface area contributed by atoms with Crippen LogP contribution < -0.4 is 5.73 Å². The van der Waals surface area contributed by atoms with Gasteiger partial charge in [-0.3, -0.25) is 9.79 Å². The first-order valence-electron chi connectivity index (χ1n) is 5.44. The van der Waals surface area contributed by atoms with Crippen molar-refractivity contribution in [3.05, 3.63) is 11.8 Å². The van der Waals surface area contributed by atoms with Crippen molar-refractivity contribution in [1.29, 1.82) is 0 Å². The highest BCUT2D eigenvalue weighted by Gasteiger charge is 2.12. The first-order chi connectivity index (χ1) is 7.76. The number of rotatable bonds is 5. The van der Waals surface area contributed by atoms with Crippen LogP contribution in [0.25, 0.3) is 0 Å². The lowest BCUT2D eigenvalue weighted by molar-refractivity contribution is -0.102. The van der Waals surface area contributed by atoms with E-state index in [1.807, 2.05) is 0 Å². The van der Waals surface area contributed by atoms with Crippen LogP contribution in [0.5, 0.6) is 0 Å². The van der Waals surface area contributed by atoms with Gasteiger partial charge in [-0.25, -0.2) is 0 Å². The van der Waals surface area contributed by atoms with Gasteiger partial charge in [-0.1, -0.05) is 0 Å². The van der Waals surface area contributed by atoms with E-state index in [0.29, 0.717) is 12.8 Å². The molecule has 1 atom stereocenters. The van der Waals surface area contributed by atoms with Crippen molar-refractivity contribution < 1.29 is 14.6 Å². The van der Waals surface area contributed by atoms with Gasteiger partial charge in [0.2, 0.25) is 0 Å². The number of hydrogen-bond donors (Lipinski definition) is 2. The smallest absolute Gasteiger partial charge is 0.168 e. The number of aliphatic hydroxyl groups excluding tert-OH is 1. The van der Waals surface area contributed by atoms with Crippen molar-refractivity contribution in [3.8, 4) is 0 Å². The van der Waals surface area contributed by atoms with Crippen LogP contribution in [-0.2, 0) is 9.53 Å². The largest absolute Gasteiger partial charge is 0.400 e. The van der Waals surface area contributed by atoms with Gasteiger partial charge >= 0.3 is 0 Å². The van der Waals surface area contributed by atoms with E-state index in [4.69, 9.17) is 15.6 Å². The number of carbonyl (C=O) groups excluding carboxylic acids is 1. The second-order valence-electron chi connectivity index (χ2n) is 3.75. The summed E-state index contributed by atoms with van der Waals surface area (Å²) in [4.78, 5) is 14.8. The Balaban J connectivity index is 2.48.